The highest BCUT2D eigenvalue weighted by atomic mass is 16.4. The molecule has 0 aliphatic heterocycles. The van der Waals surface area contributed by atoms with Gasteiger partial charge in [0, 0.05) is 13.2 Å². The molecule has 6 heteroatoms. The molecule has 0 atom stereocenters. The summed E-state index contributed by atoms with van der Waals surface area (Å²) >= 11 is 0. The van der Waals surface area contributed by atoms with Crippen LogP contribution in [0.5, 0.6) is 0 Å². The molecule has 1 aromatic carbocycles. The minimum absolute atomic E-state index is 0.107. The third kappa shape index (κ3) is 2.20. The topological polar surface area (TPSA) is 93.2 Å². The SMILES string of the molecule is Cn1cc(C(=O)O)c(Nc2ccccc2N)n1. The number of carboxylic acids is 1. The first-order chi connectivity index (χ1) is 8.08. The van der Waals surface area contributed by atoms with E-state index in [1.165, 1.54) is 10.9 Å². The van der Waals surface area contributed by atoms with Crippen LogP contribution in [-0.2, 0) is 7.05 Å². The maximum atomic E-state index is 11.0. The van der Waals surface area contributed by atoms with Gasteiger partial charge in [0.15, 0.2) is 5.82 Å². The van der Waals surface area contributed by atoms with Crippen molar-refractivity contribution < 1.29 is 9.90 Å². The van der Waals surface area contributed by atoms with E-state index < -0.39 is 5.97 Å². The Kier molecular flexibility index (Phi) is 2.70. The van der Waals surface area contributed by atoms with Crippen LogP contribution in [0.1, 0.15) is 10.4 Å². The molecule has 0 bridgehead atoms. The minimum Gasteiger partial charge on any atom is -0.477 e. The summed E-state index contributed by atoms with van der Waals surface area (Å²) in [5.74, 6) is -0.756. The summed E-state index contributed by atoms with van der Waals surface area (Å²) in [6, 6.07) is 7.10. The number of para-hydroxylation sites is 2. The zero-order valence-corrected chi connectivity index (χ0v) is 9.21. The fourth-order valence-electron chi connectivity index (χ4n) is 1.48. The Bertz CT molecular complexity index is 562. The summed E-state index contributed by atoms with van der Waals surface area (Å²) in [5.41, 5.74) is 7.03. The lowest BCUT2D eigenvalue weighted by molar-refractivity contribution is 0.0698. The van der Waals surface area contributed by atoms with Gasteiger partial charge in [0.05, 0.1) is 11.4 Å². The number of carbonyl (C=O) groups is 1. The maximum absolute atomic E-state index is 11.0. The number of aromatic nitrogens is 2. The van der Waals surface area contributed by atoms with E-state index in [2.05, 4.69) is 10.4 Å². The predicted molar refractivity (Wildman–Crippen MR) is 64.3 cm³/mol. The van der Waals surface area contributed by atoms with Crippen molar-refractivity contribution in [2.45, 2.75) is 0 Å². The normalized spacial score (nSPS) is 10.2. The number of anilines is 3. The molecule has 2 rings (SSSR count). The Balaban J connectivity index is 2.36. The van der Waals surface area contributed by atoms with Gasteiger partial charge >= 0.3 is 5.97 Å². The number of rotatable bonds is 3. The highest BCUT2D eigenvalue weighted by Gasteiger charge is 2.14. The van der Waals surface area contributed by atoms with Crippen LogP contribution in [0.2, 0.25) is 0 Å². The van der Waals surface area contributed by atoms with Gasteiger partial charge < -0.3 is 16.2 Å². The van der Waals surface area contributed by atoms with Crippen LogP contribution >= 0.6 is 0 Å². The number of nitrogen functional groups attached to an aromatic ring is 1. The average molecular weight is 232 g/mol. The molecular formula is C11H12N4O2. The standard InChI is InChI=1S/C11H12N4O2/c1-15-6-7(11(16)17)10(14-15)13-9-5-3-2-4-8(9)12/h2-6H,12H2,1H3,(H,13,14)(H,16,17). The zero-order valence-electron chi connectivity index (χ0n) is 9.21. The van der Waals surface area contributed by atoms with E-state index in [1.54, 1.807) is 25.2 Å². The van der Waals surface area contributed by atoms with E-state index in [9.17, 15) is 4.79 Å². The van der Waals surface area contributed by atoms with Crippen molar-refractivity contribution in [3.63, 3.8) is 0 Å². The van der Waals surface area contributed by atoms with Crippen LogP contribution in [0.3, 0.4) is 0 Å². The van der Waals surface area contributed by atoms with E-state index >= 15 is 0 Å². The highest BCUT2D eigenvalue weighted by molar-refractivity contribution is 5.94. The van der Waals surface area contributed by atoms with Gasteiger partial charge in [-0.1, -0.05) is 12.1 Å². The van der Waals surface area contributed by atoms with Crippen molar-refractivity contribution in [2.75, 3.05) is 11.1 Å². The molecule has 1 heterocycles. The van der Waals surface area contributed by atoms with Crippen molar-refractivity contribution >= 4 is 23.2 Å². The number of aryl methyl sites for hydroxylation is 1. The molecule has 6 nitrogen and oxygen atoms in total. The fraction of sp³-hybridized carbons (Fsp3) is 0.0909. The zero-order chi connectivity index (χ0) is 12.4. The number of nitrogens with zero attached hydrogens (tertiary/aromatic N) is 2. The summed E-state index contributed by atoms with van der Waals surface area (Å²) in [5, 5.41) is 15.9. The van der Waals surface area contributed by atoms with E-state index in [0.29, 0.717) is 11.4 Å². The summed E-state index contributed by atoms with van der Waals surface area (Å²) in [6.45, 7) is 0. The monoisotopic (exact) mass is 232 g/mol. The average Bonchev–Trinajstić information content (AvgIpc) is 2.63. The predicted octanol–water partition coefficient (Wildman–Crippen LogP) is 1.44. The highest BCUT2D eigenvalue weighted by Crippen LogP contribution is 2.23. The van der Waals surface area contributed by atoms with Crippen molar-refractivity contribution in [1.29, 1.82) is 0 Å². The summed E-state index contributed by atoms with van der Waals surface area (Å²) < 4.78 is 1.44. The molecule has 0 amide bonds. The van der Waals surface area contributed by atoms with Gasteiger partial charge in [-0.3, -0.25) is 4.68 Å². The molecule has 0 saturated carbocycles. The van der Waals surface area contributed by atoms with Crippen LogP contribution in [0, 0.1) is 0 Å². The van der Waals surface area contributed by atoms with Gasteiger partial charge in [0.25, 0.3) is 0 Å². The van der Waals surface area contributed by atoms with Crippen molar-refractivity contribution in [2.24, 2.45) is 7.05 Å². The van der Waals surface area contributed by atoms with Gasteiger partial charge in [-0.05, 0) is 12.1 Å². The third-order valence-electron chi connectivity index (χ3n) is 2.27. The number of hydrogen-bond acceptors (Lipinski definition) is 4. The molecule has 0 spiro atoms. The van der Waals surface area contributed by atoms with Crippen LogP contribution in [0.25, 0.3) is 0 Å². The molecule has 0 radical (unpaired) electrons. The van der Waals surface area contributed by atoms with Gasteiger partial charge in [-0.15, -0.1) is 0 Å². The first kappa shape index (κ1) is 11.0. The molecule has 0 saturated heterocycles. The van der Waals surface area contributed by atoms with Gasteiger partial charge in [0.2, 0.25) is 0 Å². The molecule has 0 aliphatic rings. The lowest BCUT2D eigenvalue weighted by Gasteiger charge is -2.06. The fourth-order valence-corrected chi connectivity index (χ4v) is 1.48. The Morgan fingerprint density at radius 1 is 1.47 bits per heavy atom. The van der Waals surface area contributed by atoms with Crippen molar-refractivity contribution in [3.8, 4) is 0 Å². The van der Waals surface area contributed by atoms with Crippen LogP contribution in [0.15, 0.2) is 30.5 Å². The van der Waals surface area contributed by atoms with Crippen LogP contribution < -0.4 is 11.1 Å². The number of nitrogens with two attached hydrogens (primary N) is 1. The second-order valence-electron chi connectivity index (χ2n) is 3.58. The molecule has 2 aromatic rings. The Morgan fingerprint density at radius 2 is 2.18 bits per heavy atom. The summed E-state index contributed by atoms with van der Waals surface area (Å²) in [6.07, 6.45) is 1.43. The smallest absolute Gasteiger partial charge is 0.341 e. The molecule has 88 valence electrons. The summed E-state index contributed by atoms with van der Waals surface area (Å²) in [7, 11) is 1.66. The summed E-state index contributed by atoms with van der Waals surface area (Å²) in [4.78, 5) is 11.0. The molecule has 4 N–H and O–H groups in total. The maximum Gasteiger partial charge on any atom is 0.341 e. The van der Waals surface area contributed by atoms with Crippen molar-refractivity contribution in [1.82, 2.24) is 9.78 Å². The molecule has 0 fully saturated rings. The molecule has 17 heavy (non-hydrogen) atoms. The minimum atomic E-state index is -1.03. The van der Waals surface area contributed by atoms with E-state index in [4.69, 9.17) is 10.8 Å². The number of hydrogen-bond donors (Lipinski definition) is 3. The van der Waals surface area contributed by atoms with E-state index in [-0.39, 0.29) is 11.4 Å². The second-order valence-corrected chi connectivity index (χ2v) is 3.58. The Hall–Kier alpha value is -2.50. The number of benzene rings is 1. The molecule has 0 unspecified atom stereocenters. The largest absolute Gasteiger partial charge is 0.477 e. The van der Waals surface area contributed by atoms with Gasteiger partial charge in [-0.2, -0.15) is 5.10 Å². The van der Waals surface area contributed by atoms with Gasteiger partial charge in [0.1, 0.15) is 5.56 Å². The number of nitrogens with one attached hydrogen (secondary N) is 1. The molecular weight excluding hydrogens is 220 g/mol. The Labute approximate surface area is 97.7 Å². The van der Waals surface area contributed by atoms with Crippen LogP contribution in [0.4, 0.5) is 17.2 Å². The lowest BCUT2D eigenvalue weighted by Crippen LogP contribution is -2.02. The first-order valence-corrected chi connectivity index (χ1v) is 4.96. The number of aromatic carboxylic acids is 1. The first-order valence-electron chi connectivity index (χ1n) is 4.96. The third-order valence-corrected chi connectivity index (χ3v) is 2.27. The molecule has 0 aliphatic carbocycles. The Morgan fingerprint density at radius 3 is 2.82 bits per heavy atom. The van der Waals surface area contributed by atoms with Gasteiger partial charge in [-0.25, -0.2) is 4.79 Å². The van der Waals surface area contributed by atoms with E-state index in [1.807, 2.05) is 6.07 Å². The lowest BCUT2D eigenvalue weighted by atomic mass is 10.2. The molecule has 1 aromatic heterocycles. The number of carboxylic acid groups (broad SMARTS) is 1. The quantitative estimate of drug-likeness (QED) is 0.696. The second kappa shape index (κ2) is 4.17. The van der Waals surface area contributed by atoms with E-state index in [0.717, 1.165) is 0 Å². The van der Waals surface area contributed by atoms with Crippen LogP contribution in [-0.4, -0.2) is 20.9 Å². The van der Waals surface area contributed by atoms with Crippen molar-refractivity contribution in [3.05, 3.63) is 36.0 Å².